The maximum absolute atomic E-state index is 5.38. The number of ether oxygens (including phenoxy) is 1. The van der Waals surface area contributed by atoms with Crippen LogP contribution in [0.4, 0.5) is 0 Å². The zero-order chi connectivity index (χ0) is 10.1. The second kappa shape index (κ2) is 3.91. The number of rotatable bonds is 2. The summed E-state index contributed by atoms with van der Waals surface area (Å²) in [5, 5.41) is 3.48. The summed E-state index contributed by atoms with van der Waals surface area (Å²) in [6, 6.07) is 4.52. The molecule has 1 aliphatic rings. The van der Waals surface area contributed by atoms with Crippen LogP contribution < -0.4 is 10.1 Å². The van der Waals surface area contributed by atoms with Crippen LogP contribution >= 0.6 is 15.9 Å². The molecule has 0 aromatic heterocycles. The molecule has 0 saturated carbocycles. The van der Waals surface area contributed by atoms with Gasteiger partial charge in [-0.2, -0.15) is 0 Å². The van der Waals surface area contributed by atoms with E-state index in [1.54, 1.807) is 7.11 Å². The van der Waals surface area contributed by atoms with Gasteiger partial charge in [-0.25, -0.2) is 0 Å². The van der Waals surface area contributed by atoms with Crippen molar-refractivity contribution in [1.29, 1.82) is 0 Å². The van der Waals surface area contributed by atoms with Crippen molar-refractivity contribution in [2.45, 2.75) is 25.9 Å². The first-order chi connectivity index (χ1) is 6.77. The lowest BCUT2D eigenvalue weighted by Crippen LogP contribution is -2.10. The molecule has 0 spiro atoms. The molecule has 1 aliphatic heterocycles. The average molecular weight is 256 g/mol. The van der Waals surface area contributed by atoms with Gasteiger partial charge < -0.3 is 10.1 Å². The summed E-state index contributed by atoms with van der Waals surface area (Å²) < 4.78 is 6.56. The Morgan fingerprint density at radius 2 is 2.36 bits per heavy atom. The Labute approximate surface area is 92.8 Å². The monoisotopic (exact) mass is 255 g/mol. The number of nitrogens with one attached hydrogen (secondary N) is 1. The van der Waals surface area contributed by atoms with Gasteiger partial charge in [-0.15, -0.1) is 0 Å². The fourth-order valence-electron chi connectivity index (χ4n) is 2.03. The molecule has 1 aromatic carbocycles. The lowest BCUT2D eigenvalue weighted by Gasteiger charge is -2.13. The lowest BCUT2D eigenvalue weighted by atomic mass is 10.0. The van der Waals surface area contributed by atoms with E-state index in [1.807, 2.05) is 6.07 Å². The van der Waals surface area contributed by atoms with Gasteiger partial charge in [0, 0.05) is 22.6 Å². The number of methoxy groups -OCH3 is 1. The molecule has 1 N–H and O–H groups in total. The summed E-state index contributed by atoms with van der Waals surface area (Å²) in [5.41, 5.74) is 2.67. The molecule has 0 bridgehead atoms. The van der Waals surface area contributed by atoms with E-state index in [0.717, 1.165) is 18.7 Å². The molecule has 0 aliphatic carbocycles. The molecular formula is C11H14BrNO. The van der Waals surface area contributed by atoms with Crippen LogP contribution in [0.5, 0.6) is 5.75 Å². The molecule has 0 saturated heterocycles. The van der Waals surface area contributed by atoms with Crippen molar-refractivity contribution in [1.82, 2.24) is 5.32 Å². The molecular weight excluding hydrogens is 242 g/mol. The minimum absolute atomic E-state index is 0.442. The number of benzene rings is 1. The molecule has 0 radical (unpaired) electrons. The van der Waals surface area contributed by atoms with Gasteiger partial charge in [0.15, 0.2) is 0 Å². The maximum Gasteiger partial charge on any atom is 0.124 e. The van der Waals surface area contributed by atoms with Crippen molar-refractivity contribution in [2.24, 2.45) is 0 Å². The molecule has 14 heavy (non-hydrogen) atoms. The molecule has 1 heterocycles. The van der Waals surface area contributed by atoms with E-state index in [1.165, 1.54) is 15.6 Å². The smallest absolute Gasteiger partial charge is 0.124 e. The zero-order valence-electron chi connectivity index (χ0n) is 8.43. The van der Waals surface area contributed by atoms with E-state index >= 15 is 0 Å². The Hall–Kier alpha value is -0.540. The van der Waals surface area contributed by atoms with Gasteiger partial charge in [0.05, 0.1) is 7.11 Å². The Morgan fingerprint density at radius 1 is 1.57 bits per heavy atom. The second-order valence-corrected chi connectivity index (χ2v) is 4.34. The molecule has 3 heteroatoms. The summed E-state index contributed by atoms with van der Waals surface area (Å²) in [5.74, 6) is 1.00. The summed E-state index contributed by atoms with van der Waals surface area (Å²) in [4.78, 5) is 0. The zero-order valence-corrected chi connectivity index (χ0v) is 10.0. The van der Waals surface area contributed by atoms with E-state index in [9.17, 15) is 0 Å². The molecule has 1 unspecified atom stereocenters. The molecule has 2 nitrogen and oxygen atoms in total. The van der Waals surface area contributed by atoms with Gasteiger partial charge in [0.25, 0.3) is 0 Å². The Morgan fingerprint density at radius 3 is 3.00 bits per heavy atom. The summed E-state index contributed by atoms with van der Waals surface area (Å²) in [6.07, 6.45) is 1.10. The van der Waals surface area contributed by atoms with Gasteiger partial charge in [-0.1, -0.05) is 22.9 Å². The molecule has 0 amide bonds. The molecule has 1 atom stereocenters. The highest BCUT2D eigenvalue weighted by Crippen LogP contribution is 2.38. The Kier molecular flexibility index (Phi) is 2.79. The Balaban J connectivity index is 2.54. The topological polar surface area (TPSA) is 21.3 Å². The Bertz CT molecular complexity index is 351. The molecule has 0 fully saturated rings. The fraction of sp³-hybridized carbons (Fsp3) is 0.455. The first-order valence-corrected chi connectivity index (χ1v) is 5.65. The summed E-state index contributed by atoms with van der Waals surface area (Å²) in [7, 11) is 1.73. The van der Waals surface area contributed by atoms with Crippen LogP contribution in [0.2, 0.25) is 0 Å². The third-order valence-electron chi connectivity index (χ3n) is 2.76. The van der Waals surface area contributed by atoms with Crippen LogP contribution in [0.3, 0.4) is 0 Å². The van der Waals surface area contributed by atoms with Gasteiger partial charge >= 0.3 is 0 Å². The highest BCUT2D eigenvalue weighted by molar-refractivity contribution is 9.10. The molecule has 76 valence electrons. The van der Waals surface area contributed by atoms with Crippen molar-refractivity contribution in [3.8, 4) is 5.75 Å². The van der Waals surface area contributed by atoms with Crippen LogP contribution in [0.15, 0.2) is 16.6 Å². The first-order valence-electron chi connectivity index (χ1n) is 4.86. The van der Waals surface area contributed by atoms with E-state index in [0.29, 0.717) is 6.04 Å². The predicted octanol–water partition coefficient (Wildman–Crippen LogP) is 3.01. The largest absolute Gasteiger partial charge is 0.496 e. The number of hydrogen-bond acceptors (Lipinski definition) is 2. The maximum atomic E-state index is 5.38. The summed E-state index contributed by atoms with van der Waals surface area (Å²) in [6.45, 7) is 3.12. The van der Waals surface area contributed by atoms with E-state index in [4.69, 9.17) is 4.74 Å². The van der Waals surface area contributed by atoms with Crippen LogP contribution in [-0.2, 0) is 6.54 Å². The third-order valence-corrected chi connectivity index (χ3v) is 3.50. The highest BCUT2D eigenvalue weighted by Gasteiger charge is 2.25. The number of fused-ring (bicyclic) bond motifs is 1. The van der Waals surface area contributed by atoms with Crippen molar-refractivity contribution in [3.05, 3.63) is 27.7 Å². The minimum Gasteiger partial charge on any atom is -0.496 e. The first kappa shape index (κ1) is 9.99. The van der Waals surface area contributed by atoms with E-state index in [-0.39, 0.29) is 0 Å². The second-order valence-electron chi connectivity index (χ2n) is 3.48. The van der Waals surface area contributed by atoms with Crippen LogP contribution in [0, 0.1) is 0 Å². The van der Waals surface area contributed by atoms with Gasteiger partial charge in [-0.05, 0) is 24.1 Å². The predicted molar refractivity (Wildman–Crippen MR) is 60.6 cm³/mol. The minimum atomic E-state index is 0.442. The van der Waals surface area contributed by atoms with Crippen molar-refractivity contribution in [2.75, 3.05) is 7.11 Å². The van der Waals surface area contributed by atoms with Crippen molar-refractivity contribution in [3.63, 3.8) is 0 Å². The van der Waals surface area contributed by atoms with Crippen LogP contribution in [-0.4, -0.2) is 7.11 Å². The normalized spacial score (nSPS) is 19.5. The summed E-state index contributed by atoms with van der Waals surface area (Å²) >= 11 is 3.57. The van der Waals surface area contributed by atoms with Crippen molar-refractivity contribution < 1.29 is 4.74 Å². The quantitative estimate of drug-likeness (QED) is 0.878. The van der Waals surface area contributed by atoms with Gasteiger partial charge in [0.1, 0.15) is 5.75 Å². The SMILES string of the molecule is CCC1NCc2c(Br)ccc(OC)c21. The third kappa shape index (κ3) is 1.44. The highest BCUT2D eigenvalue weighted by atomic mass is 79.9. The van der Waals surface area contributed by atoms with Gasteiger partial charge in [0.2, 0.25) is 0 Å². The lowest BCUT2D eigenvalue weighted by molar-refractivity contribution is 0.403. The fourth-order valence-corrected chi connectivity index (χ4v) is 2.52. The van der Waals surface area contributed by atoms with E-state index < -0.39 is 0 Å². The van der Waals surface area contributed by atoms with Crippen molar-refractivity contribution >= 4 is 15.9 Å². The van der Waals surface area contributed by atoms with Gasteiger partial charge in [-0.3, -0.25) is 0 Å². The molecule has 1 aromatic rings. The van der Waals surface area contributed by atoms with Crippen LogP contribution in [0.1, 0.15) is 30.5 Å². The molecule has 2 rings (SSSR count). The standard InChI is InChI=1S/C11H14BrNO/c1-3-9-11-7(6-13-9)8(12)4-5-10(11)14-2/h4-5,9,13H,3,6H2,1-2H3. The number of hydrogen-bond donors (Lipinski definition) is 1. The van der Waals surface area contributed by atoms with Crippen LogP contribution in [0.25, 0.3) is 0 Å². The average Bonchev–Trinajstić information content (AvgIpc) is 2.63. The number of halogens is 1. The van der Waals surface area contributed by atoms with E-state index in [2.05, 4.69) is 34.2 Å².